The molecule has 0 radical (unpaired) electrons. The van der Waals surface area contributed by atoms with Crippen molar-refractivity contribution in [1.29, 1.82) is 0 Å². The molecule has 0 aliphatic carbocycles. The van der Waals surface area contributed by atoms with Gasteiger partial charge in [0.1, 0.15) is 25.4 Å². The van der Waals surface area contributed by atoms with Crippen LogP contribution >= 0.6 is 15.6 Å². The summed E-state index contributed by atoms with van der Waals surface area (Å²) >= 11 is 0. The summed E-state index contributed by atoms with van der Waals surface area (Å²) in [6, 6.07) is 0. The minimum atomic E-state index is -4.91. The van der Waals surface area contributed by atoms with Crippen LogP contribution in [0, 0.1) is 0 Å². The van der Waals surface area contributed by atoms with Crippen LogP contribution in [-0.2, 0) is 55.8 Å². The number of hydrogen-bond donors (Lipinski definition) is 4. The van der Waals surface area contributed by atoms with Crippen molar-refractivity contribution in [2.45, 2.75) is 296 Å². The van der Waals surface area contributed by atoms with Gasteiger partial charge in [-0.3, -0.25) is 32.5 Å². The van der Waals surface area contributed by atoms with E-state index in [1.807, 2.05) is 0 Å². The van der Waals surface area contributed by atoms with Crippen molar-refractivity contribution in [3.05, 3.63) is 36.5 Å². The second-order valence-corrected chi connectivity index (χ2v) is 24.1. The largest absolute Gasteiger partial charge is 0.472 e. The smallest absolute Gasteiger partial charge is 0.463 e. The van der Waals surface area contributed by atoms with Crippen LogP contribution in [0.1, 0.15) is 278 Å². The molecular formula is C61H114O16P2. The number of aliphatic hydroxyl groups excluding tert-OH is 2. The zero-order chi connectivity index (χ0) is 58.2. The summed E-state index contributed by atoms with van der Waals surface area (Å²) in [6.07, 6.45) is 50.6. The summed E-state index contributed by atoms with van der Waals surface area (Å²) < 4.78 is 60.7. The molecule has 0 saturated heterocycles. The molecule has 0 aromatic carbocycles. The number of ether oxygens (including phenoxy) is 3. The van der Waals surface area contributed by atoms with Gasteiger partial charge in [-0.25, -0.2) is 9.13 Å². The summed E-state index contributed by atoms with van der Waals surface area (Å²) in [4.78, 5) is 58.1. The van der Waals surface area contributed by atoms with Gasteiger partial charge in [0.15, 0.2) is 6.10 Å². The monoisotopic (exact) mass is 1160 g/mol. The van der Waals surface area contributed by atoms with Crippen LogP contribution in [0.3, 0.4) is 0 Å². The normalized spacial score (nSPS) is 14.7. The van der Waals surface area contributed by atoms with E-state index in [9.17, 15) is 43.5 Å². The number of phosphoric ester groups is 2. The molecule has 0 amide bonds. The molecule has 0 aromatic rings. The van der Waals surface area contributed by atoms with Crippen LogP contribution in [0.5, 0.6) is 0 Å². The Bertz CT molecular complexity index is 1610. The Kier molecular flexibility index (Phi) is 54.7. The number of aliphatic hydroxyl groups is 2. The van der Waals surface area contributed by atoms with Crippen LogP contribution in [0.25, 0.3) is 0 Å². The van der Waals surface area contributed by atoms with E-state index < -0.39 is 91.5 Å². The molecule has 0 aliphatic heterocycles. The van der Waals surface area contributed by atoms with Gasteiger partial charge in [-0.05, 0) is 51.4 Å². The Balaban J connectivity index is 4.67. The van der Waals surface area contributed by atoms with Crippen LogP contribution in [-0.4, -0.2) is 95.9 Å². The lowest BCUT2D eigenvalue weighted by molar-refractivity contribution is -0.161. The number of phosphoric acid groups is 2. The van der Waals surface area contributed by atoms with Gasteiger partial charge in [-0.1, -0.05) is 243 Å². The SMILES string of the molecule is CC/C=C\C/C=C\C/C=C\CCCCCCCC(=O)OCC(O)COP(=O)(O)OCC(O)COP(=O)(O)OCC(COC(=O)CCCCCCCCCCCCCCCCC)OC(=O)CCCCCCCCCCCCCCC. The fourth-order valence-electron chi connectivity index (χ4n) is 8.59. The van der Waals surface area contributed by atoms with E-state index in [2.05, 4.69) is 57.2 Å². The van der Waals surface area contributed by atoms with Gasteiger partial charge in [0.2, 0.25) is 0 Å². The lowest BCUT2D eigenvalue weighted by Crippen LogP contribution is -2.30. The third-order valence-electron chi connectivity index (χ3n) is 13.4. The maximum atomic E-state index is 12.9. The van der Waals surface area contributed by atoms with Gasteiger partial charge in [0.25, 0.3) is 0 Å². The number of carbonyl (C=O) groups excluding carboxylic acids is 3. The van der Waals surface area contributed by atoms with E-state index in [-0.39, 0.29) is 19.3 Å². The first-order chi connectivity index (χ1) is 38.2. The van der Waals surface area contributed by atoms with E-state index in [0.29, 0.717) is 19.3 Å². The number of allylic oxidation sites excluding steroid dienone is 6. The lowest BCUT2D eigenvalue weighted by atomic mass is 10.0. The fourth-order valence-corrected chi connectivity index (χ4v) is 10.2. The molecule has 79 heavy (non-hydrogen) atoms. The highest BCUT2D eigenvalue weighted by atomic mass is 31.2. The molecule has 0 aliphatic rings. The number of unbranched alkanes of at least 4 members (excludes halogenated alkanes) is 31. The van der Waals surface area contributed by atoms with Crippen molar-refractivity contribution in [2.24, 2.45) is 0 Å². The maximum absolute atomic E-state index is 12.9. The molecule has 0 aromatic heterocycles. The highest BCUT2D eigenvalue weighted by Crippen LogP contribution is 2.45. The third kappa shape index (κ3) is 57.4. The molecule has 0 heterocycles. The van der Waals surface area contributed by atoms with Crippen molar-refractivity contribution >= 4 is 33.6 Å². The highest BCUT2D eigenvalue weighted by Gasteiger charge is 2.29. The molecule has 4 N–H and O–H groups in total. The summed E-state index contributed by atoms with van der Waals surface area (Å²) in [5, 5.41) is 20.5. The van der Waals surface area contributed by atoms with Crippen LogP contribution < -0.4 is 0 Å². The quantitative estimate of drug-likeness (QED) is 0.0146. The van der Waals surface area contributed by atoms with E-state index in [1.165, 1.54) is 122 Å². The maximum Gasteiger partial charge on any atom is 0.472 e. The lowest BCUT2D eigenvalue weighted by Gasteiger charge is -2.21. The average molecular weight is 1170 g/mol. The van der Waals surface area contributed by atoms with Crippen LogP contribution in [0.4, 0.5) is 0 Å². The topological polar surface area (TPSA) is 231 Å². The molecule has 0 rings (SSSR count). The van der Waals surface area contributed by atoms with E-state index in [4.69, 9.17) is 32.3 Å². The average Bonchev–Trinajstić information content (AvgIpc) is 3.42. The molecule has 0 fully saturated rings. The van der Waals surface area contributed by atoms with E-state index >= 15 is 0 Å². The predicted molar refractivity (Wildman–Crippen MR) is 316 cm³/mol. The molecule has 18 heteroatoms. The van der Waals surface area contributed by atoms with Crippen molar-refractivity contribution in [2.75, 3.05) is 39.6 Å². The number of carbonyl (C=O) groups is 3. The number of esters is 3. The zero-order valence-electron chi connectivity index (χ0n) is 49.8. The van der Waals surface area contributed by atoms with E-state index in [0.717, 1.165) is 96.3 Å². The van der Waals surface area contributed by atoms with Gasteiger partial charge in [0.05, 0.1) is 26.4 Å². The summed E-state index contributed by atoms with van der Waals surface area (Å²) in [5.41, 5.74) is 0. The summed E-state index contributed by atoms with van der Waals surface area (Å²) in [7, 11) is -9.75. The molecule has 5 unspecified atom stereocenters. The Morgan fingerprint density at radius 2 is 0.671 bits per heavy atom. The Hall–Kier alpha value is -2.23. The van der Waals surface area contributed by atoms with Crippen molar-refractivity contribution in [3.8, 4) is 0 Å². The molecule has 16 nitrogen and oxygen atoms in total. The summed E-state index contributed by atoms with van der Waals surface area (Å²) in [6.45, 7) is 2.56. The second kappa shape index (κ2) is 56.3. The van der Waals surface area contributed by atoms with Crippen molar-refractivity contribution in [3.63, 3.8) is 0 Å². The first-order valence-electron chi connectivity index (χ1n) is 31.3. The first kappa shape index (κ1) is 76.8. The predicted octanol–water partition coefficient (Wildman–Crippen LogP) is 16.3. The first-order valence-corrected chi connectivity index (χ1v) is 34.3. The van der Waals surface area contributed by atoms with Crippen LogP contribution in [0.2, 0.25) is 0 Å². The van der Waals surface area contributed by atoms with Gasteiger partial charge in [0, 0.05) is 19.3 Å². The standard InChI is InChI=1S/C61H114O16P2/c1-4-7-10-13-16-19-22-25-27-30-32-35-38-41-44-47-59(64)71-50-56(62)51-73-78(67,68)74-52-57(63)53-75-79(69,70)76-55-58(77-61(66)49-46-43-40-37-34-29-24-21-18-15-12-9-6-3)54-72-60(65)48-45-42-39-36-33-31-28-26-23-20-17-14-11-8-5-2/h7,10,16,19,25,27,56-58,62-63H,4-6,8-9,11-15,17-18,20-24,26,28-55H2,1-3H3,(H,67,68)(H,69,70)/b10-7-,19-16-,27-25-. The Morgan fingerprint density at radius 1 is 0.367 bits per heavy atom. The zero-order valence-corrected chi connectivity index (χ0v) is 51.6. The Labute approximate surface area is 479 Å². The van der Waals surface area contributed by atoms with Gasteiger partial charge < -0.3 is 34.2 Å². The molecule has 464 valence electrons. The second-order valence-electron chi connectivity index (χ2n) is 21.2. The molecular weight excluding hydrogens is 1050 g/mol. The van der Waals surface area contributed by atoms with Crippen molar-refractivity contribution < 1.29 is 75.8 Å². The minimum absolute atomic E-state index is 0.113. The molecule has 0 spiro atoms. The number of hydrogen-bond acceptors (Lipinski definition) is 14. The van der Waals surface area contributed by atoms with E-state index in [1.54, 1.807) is 0 Å². The molecule has 0 saturated carbocycles. The highest BCUT2D eigenvalue weighted by molar-refractivity contribution is 7.47. The van der Waals surface area contributed by atoms with Crippen LogP contribution in [0.15, 0.2) is 36.5 Å². The van der Waals surface area contributed by atoms with Gasteiger partial charge >= 0.3 is 33.6 Å². The van der Waals surface area contributed by atoms with Gasteiger partial charge in [-0.2, -0.15) is 0 Å². The summed E-state index contributed by atoms with van der Waals surface area (Å²) in [5.74, 6) is -1.57. The third-order valence-corrected chi connectivity index (χ3v) is 15.3. The van der Waals surface area contributed by atoms with Gasteiger partial charge in [-0.15, -0.1) is 0 Å². The number of rotatable bonds is 60. The molecule has 5 atom stereocenters. The molecule has 0 bridgehead atoms. The Morgan fingerprint density at radius 3 is 1.06 bits per heavy atom. The van der Waals surface area contributed by atoms with Crippen molar-refractivity contribution in [1.82, 2.24) is 0 Å². The minimum Gasteiger partial charge on any atom is -0.463 e. The fraction of sp³-hybridized carbons (Fsp3) is 0.852.